The number of aryl methyl sites for hydroxylation is 1. The highest BCUT2D eigenvalue weighted by molar-refractivity contribution is 5.86. The molecular weight excluding hydrogens is 488 g/mol. The van der Waals surface area contributed by atoms with Crippen LogP contribution >= 0.6 is 0 Å². The molecule has 0 bridgehead atoms. The molecule has 7 nitrogen and oxygen atoms in total. The van der Waals surface area contributed by atoms with Crippen LogP contribution in [0.4, 0.5) is 4.79 Å². The number of hydrogen-bond acceptors (Lipinski definition) is 5. The van der Waals surface area contributed by atoms with Crippen LogP contribution < -0.4 is 15.8 Å². The van der Waals surface area contributed by atoms with Crippen molar-refractivity contribution in [1.29, 1.82) is 0 Å². The van der Waals surface area contributed by atoms with Crippen LogP contribution in [0.3, 0.4) is 0 Å². The highest BCUT2D eigenvalue weighted by Gasteiger charge is 2.29. The van der Waals surface area contributed by atoms with Crippen LogP contribution in [0.5, 0.6) is 5.75 Å². The Labute approximate surface area is 232 Å². The van der Waals surface area contributed by atoms with Crippen LogP contribution in [0.1, 0.15) is 62.7 Å². The number of pyridine rings is 1. The summed E-state index contributed by atoms with van der Waals surface area (Å²) >= 11 is 0. The molecule has 0 unspecified atom stereocenters. The highest BCUT2D eigenvalue weighted by atomic mass is 16.6. The number of nitrogens with two attached hydrogens (primary N) is 1. The summed E-state index contributed by atoms with van der Waals surface area (Å²) in [6, 6.07) is 17.6. The Morgan fingerprint density at radius 2 is 1.67 bits per heavy atom. The molecule has 1 aromatic heterocycles. The molecule has 0 saturated carbocycles. The second-order valence-corrected chi connectivity index (χ2v) is 11.4. The van der Waals surface area contributed by atoms with E-state index in [1.807, 2.05) is 82.3 Å². The first-order valence-electron chi connectivity index (χ1n) is 13.5. The molecule has 7 heteroatoms. The summed E-state index contributed by atoms with van der Waals surface area (Å²) in [7, 11) is 1.72. The van der Waals surface area contributed by atoms with Crippen LogP contribution in [0.2, 0.25) is 0 Å². The van der Waals surface area contributed by atoms with Crippen molar-refractivity contribution in [3.05, 3.63) is 82.7 Å². The minimum absolute atomic E-state index is 0.0985. The molecule has 208 valence electrons. The molecule has 2 aromatic carbocycles. The zero-order valence-corrected chi connectivity index (χ0v) is 24.3. The van der Waals surface area contributed by atoms with E-state index >= 15 is 0 Å². The van der Waals surface area contributed by atoms with Gasteiger partial charge in [-0.15, -0.1) is 0 Å². The first kappa shape index (κ1) is 29.8. The Morgan fingerprint density at radius 1 is 1.03 bits per heavy atom. The Kier molecular flexibility index (Phi) is 9.86. The monoisotopic (exact) mass is 530 g/mol. The minimum Gasteiger partial charge on any atom is -0.408 e. The standard InChI is InChI=1S/C32H42N4O3/c1-21(2)17-27-30(39-31(38)36(7)32(4,5)6)29(25-15-13-23(19-33)14-16-25)26(22(3)35-27)18-28(37)34-20-24-11-9-8-10-12-24/h8-16,21H,17-20,33H2,1-7H3,(H,34,37). The molecule has 3 N–H and O–H groups in total. The fourth-order valence-corrected chi connectivity index (χ4v) is 4.20. The number of carbonyl (C=O) groups is 2. The molecule has 3 rings (SSSR count). The third kappa shape index (κ3) is 7.90. The Bertz CT molecular complexity index is 1280. The van der Waals surface area contributed by atoms with Crippen molar-refractivity contribution in [2.24, 2.45) is 11.7 Å². The molecule has 0 saturated heterocycles. The van der Waals surface area contributed by atoms with E-state index in [1.165, 1.54) is 0 Å². The average Bonchev–Trinajstić information content (AvgIpc) is 2.89. The van der Waals surface area contributed by atoms with Crippen molar-refractivity contribution in [2.45, 2.75) is 73.0 Å². The van der Waals surface area contributed by atoms with Crippen molar-refractivity contribution in [2.75, 3.05) is 7.05 Å². The maximum absolute atomic E-state index is 13.3. The van der Waals surface area contributed by atoms with Gasteiger partial charge in [0.1, 0.15) is 0 Å². The van der Waals surface area contributed by atoms with Crippen molar-refractivity contribution in [3.63, 3.8) is 0 Å². The zero-order valence-electron chi connectivity index (χ0n) is 24.3. The van der Waals surface area contributed by atoms with Crippen LogP contribution in [0.25, 0.3) is 11.1 Å². The fraction of sp³-hybridized carbons (Fsp3) is 0.406. The van der Waals surface area contributed by atoms with Gasteiger partial charge >= 0.3 is 6.09 Å². The second-order valence-electron chi connectivity index (χ2n) is 11.4. The maximum atomic E-state index is 13.3. The highest BCUT2D eigenvalue weighted by Crippen LogP contribution is 2.39. The summed E-state index contributed by atoms with van der Waals surface area (Å²) in [5.41, 5.74) is 11.1. The lowest BCUT2D eigenvalue weighted by atomic mass is 9.92. The first-order valence-corrected chi connectivity index (χ1v) is 13.5. The minimum atomic E-state index is -0.475. The van der Waals surface area contributed by atoms with Gasteiger partial charge in [0, 0.05) is 36.9 Å². The Hall–Kier alpha value is -3.71. The number of nitrogens with one attached hydrogen (secondary N) is 1. The zero-order chi connectivity index (χ0) is 28.7. The van der Waals surface area contributed by atoms with Crippen molar-refractivity contribution >= 4 is 12.0 Å². The lowest BCUT2D eigenvalue weighted by Gasteiger charge is -2.31. The van der Waals surface area contributed by atoms with Crippen molar-refractivity contribution in [1.82, 2.24) is 15.2 Å². The molecule has 1 heterocycles. The normalized spacial score (nSPS) is 11.4. The molecular formula is C32H42N4O3. The van der Waals surface area contributed by atoms with Gasteiger partial charge < -0.3 is 20.7 Å². The first-order chi connectivity index (χ1) is 18.4. The van der Waals surface area contributed by atoms with Gasteiger partial charge in [-0.25, -0.2) is 4.79 Å². The molecule has 0 aliphatic rings. The van der Waals surface area contributed by atoms with E-state index in [1.54, 1.807) is 11.9 Å². The Morgan fingerprint density at radius 3 is 2.23 bits per heavy atom. The molecule has 3 aromatic rings. The molecule has 0 aliphatic carbocycles. The van der Waals surface area contributed by atoms with E-state index in [9.17, 15) is 9.59 Å². The molecule has 39 heavy (non-hydrogen) atoms. The van der Waals surface area contributed by atoms with Crippen LogP contribution in [0.15, 0.2) is 54.6 Å². The average molecular weight is 531 g/mol. The maximum Gasteiger partial charge on any atom is 0.415 e. The van der Waals surface area contributed by atoms with E-state index in [0.29, 0.717) is 36.5 Å². The van der Waals surface area contributed by atoms with E-state index in [-0.39, 0.29) is 18.2 Å². The number of rotatable bonds is 9. The smallest absolute Gasteiger partial charge is 0.408 e. The van der Waals surface area contributed by atoms with Gasteiger partial charge in [0.2, 0.25) is 5.91 Å². The van der Waals surface area contributed by atoms with Gasteiger partial charge in [-0.2, -0.15) is 0 Å². The Balaban J connectivity index is 2.12. The number of nitrogens with zero attached hydrogens (tertiary/aromatic N) is 2. The van der Waals surface area contributed by atoms with Crippen LogP contribution in [0, 0.1) is 12.8 Å². The van der Waals surface area contributed by atoms with Gasteiger partial charge in [-0.1, -0.05) is 68.4 Å². The largest absolute Gasteiger partial charge is 0.415 e. The van der Waals surface area contributed by atoms with Crippen LogP contribution in [-0.2, 0) is 30.7 Å². The van der Waals surface area contributed by atoms with Crippen LogP contribution in [-0.4, -0.2) is 34.5 Å². The topological polar surface area (TPSA) is 97.6 Å². The number of hydrogen-bond donors (Lipinski definition) is 2. The number of aromatic nitrogens is 1. The van der Waals surface area contributed by atoms with Gasteiger partial charge in [0.25, 0.3) is 0 Å². The predicted octanol–water partition coefficient (Wildman–Crippen LogP) is 5.80. The third-order valence-corrected chi connectivity index (χ3v) is 6.75. The molecule has 0 spiro atoms. The third-order valence-electron chi connectivity index (χ3n) is 6.75. The van der Waals surface area contributed by atoms with Crippen molar-refractivity contribution < 1.29 is 14.3 Å². The molecule has 2 amide bonds. The molecule has 0 fully saturated rings. The summed E-state index contributed by atoms with van der Waals surface area (Å²) in [5, 5.41) is 3.02. The van der Waals surface area contributed by atoms with Gasteiger partial charge in [-0.05, 0) is 62.3 Å². The summed E-state index contributed by atoms with van der Waals surface area (Å²) in [6.07, 6.45) is 0.246. The molecule has 0 radical (unpaired) electrons. The quantitative estimate of drug-likeness (QED) is 0.364. The lowest BCUT2D eigenvalue weighted by molar-refractivity contribution is -0.120. The summed E-state index contributed by atoms with van der Waals surface area (Å²) in [5.74, 6) is 0.549. The van der Waals surface area contributed by atoms with E-state index < -0.39 is 11.6 Å². The van der Waals surface area contributed by atoms with E-state index in [0.717, 1.165) is 27.9 Å². The SMILES string of the molecule is Cc1nc(CC(C)C)c(OC(=O)N(C)C(C)(C)C)c(-c2ccc(CN)cc2)c1CC(=O)NCc1ccccc1. The number of amides is 2. The summed E-state index contributed by atoms with van der Waals surface area (Å²) in [6.45, 7) is 12.8. The van der Waals surface area contributed by atoms with E-state index in [4.69, 9.17) is 15.5 Å². The summed E-state index contributed by atoms with van der Waals surface area (Å²) in [4.78, 5) is 33.0. The second kappa shape index (κ2) is 12.9. The molecule has 0 atom stereocenters. The number of benzene rings is 2. The van der Waals surface area contributed by atoms with Gasteiger partial charge in [-0.3, -0.25) is 9.78 Å². The molecule has 0 aliphatic heterocycles. The van der Waals surface area contributed by atoms with E-state index in [2.05, 4.69) is 19.2 Å². The number of carbonyl (C=O) groups excluding carboxylic acids is 2. The van der Waals surface area contributed by atoms with Crippen molar-refractivity contribution in [3.8, 4) is 16.9 Å². The van der Waals surface area contributed by atoms with Gasteiger partial charge in [0.05, 0.1) is 12.1 Å². The fourth-order valence-electron chi connectivity index (χ4n) is 4.20. The summed E-state index contributed by atoms with van der Waals surface area (Å²) < 4.78 is 6.15. The lowest BCUT2D eigenvalue weighted by Crippen LogP contribution is -2.44. The predicted molar refractivity (Wildman–Crippen MR) is 156 cm³/mol. The number of ether oxygens (including phenoxy) is 1. The van der Waals surface area contributed by atoms with Gasteiger partial charge in [0.15, 0.2) is 5.75 Å².